The van der Waals surface area contributed by atoms with Crippen molar-refractivity contribution in [3.05, 3.63) is 18.6 Å². The second-order valence-corrected chi connectivity index (χ2v) is 2.98. The predicted molar refractivity (Wildman–Crippen MR) is 52.2 cm³/mol. The Balaban J connectivity index is 2.36. The van der Waals surface area contributed by atoms with Crippen LogP contribution in [0.15, 0.2) is 18.6 Å². The summed E-state index contributed by atoms with van der Waals surface area (Å²) in [6.45, 7) is 0.672. The lowest BCUT2D eigenvalue weighted by Crippen LogP contribution is -2.20. The zero-order chi connectivity index (χ0) is 10.4. The Morgan fingerprint density at radius 1 is 1.57 bits per heavy atom. The van der Waals surface area contributed by atoms with Gasteiger partial charge in [-0.15, -0.1) is 0 Å². The molecule has 0 spiro atoms. The number of carboxylic acid groups (broad SMARTS) is 1. The number of aromatic nitrogens is 2. The van der Waals surface area contributed by atoms with Gasteiger partial charge in [0.05, 0.1) is 6.20 Å². The summed E-state index contributed by atoms with van der Waals surface area (Å²) in [5.74, 6) is -0.00423. The molecule has 0 aliphatic rings. The smallest absolute Gasteiger partial charge is 0.303 e. The highest BCUT2D eigenvalue weighted by Gasteiger charge is 2.02. The molecule has 0 saturated carbocycles. The lowest BCUT2D eigenvalue weighted by atomic mass is 10.3. The molecular weight excluding hydrogens is 182 g/mol. The molecule has 0 aliphatic heterocycles. The van der Waals surface area contributed by atoms with Gasteiger partial charge in [0.2, 0.25) is 0 Å². The Hall–Kier alpha value is -1.65. The van der Waals surface area contributed by atoms with Gasteiger partial charge in [0, 0.05) is 32.4 Å². The van der Waals surface area contributed by atoms with Crippen LogP contribution in [0.25, 0.3) is 0 Å². The van der Waals surface area contributed by atoms with Crippen LogP contribution in [-0.4, -0.2) is 34.6 Å². The quantitative estimate of drug-likeness (QED) is 0.752. The van der Waals surface area contributed by atoms with Crippen molar-refractivity contribution in [2.75, 3.05) is 18.5 Å². The lowest BCUT2D eigenvalue weighted by molar-refractivity contribution is -0.137. The van der Waals surface area contributed by atoms with Crippen molar-refractivity contribution < 1.29 is 9.90 Å². The first-order valence-corrected chi connectivity index (χ1v) is 4.39. The fourth-order valence-electron chi connectivity index (χ4n) is 1.07. The van der Waals surface area contributed by atoms with Gasteiger partial charge in [-0.25, -0.2) is 4.98 Å². The summed E-state index contributed by atoms with van der Waals surface area (Å²) in [5, 5.41) is 8.45. The molecule has 1 rings (SSSR count). The van der Waals surface area contributed by atoms with E-state index >= 15 is 0 Å². The van der Waals surface area contributed by atoms with Crippen molar-refractivity contribution in [1.82, 2.24) is 9.97 Å². The highest BCUT2D eigenvalue weighted by molar-refractivity contribution is 5.66. The van der Waals surface area contributed by atoms with Crippen molar-refractivity contribution in [3.8, 4) is 0 Å². The van der Waals surface area contributed by atoms with E-state index in [1.54, 1.807) is 18.6 Å². The van der Waals surface area contributed by atoms with Gasteiger partial charge in [0.1, 0.15) is 5.82 Å². The van der Waals surface area contributed by atoms with Crippen LogP contribution < -0.4 is 4.90 Å². The largest absolute Gasteiger partial charge is 0.481 e. The Morgan fingerprint density at radius 3 is 2.93 bits per heavy atom. The van der Waals surface area contributed by atoms with Crippen LogP contribution >= 0.6 is 0 Å². The van der Waals surface area contributed by atoms with E-state index in [0.717, 1.165) is 5.82 Å². The zero-order valence-electron chi connectivity index (χ0n) is 8.05. The summed E-state index contributed by atoms with van der Waals surface area (Å²) >= 11 is 0. The average Bonchev–Trinajstić information content (AvgIpc) is 2.18. The molecule has 1 aromatic heterocycles. The third kappa shape index (κ3) is 3.38. The number of hydrogen-bond acceptors (Lipinski definition) is 4. The summed E-state index contributed by atoms with van der Waals surface area (Å²) in [7, 11) is 1.87. The minimum Gasteiger partial charge on any atom is -0.481 e. The van der Waals surface area contributed by atoms with Crippen LogP contribution in [0.1, 0.15) is 12.8 Å². The van der Waals surface area contributed by atoms with Crippen LogP contribution in [0, 0.1) is 0 Å². The molecule has 0 atom stereocenters. The molecule has 1 aromatic rings. The van der Waals surface area contributed by atoms with Crippen molar-refractivity contribution in [1.29, 1.82) is 0 Å². The van der Waals surface area contributed by atoms with Crippen molar-refractivity contribution in [2.45, 2.75) is 12.8 Å². The normalized spacial score (nSPS) is 9.79. The molecule has 0 aromatic carbocycles. The highest BCUT2D eigenvalue weighted by atomic mass is 16.4. The van der Waals surface area contributed by atoms with E-state index in [1.807, 2.05) is 11.9 Å². The van der Waals surface area contributed by atoms with Crippen LogP contribution in [0.4, 0.5) is 5.82 Å². The number of carbonyl (C=O) groups is 1. The average molecular weight is 195 g/mol. The van der Waals surface area contributed by atoms with Crippen molar-refractivity contribution in [2.24, 2.45) is 0 Å². The summed E-state index contributed by atoms with van der Waals surface area (Å²) in [6.07, 6.45) is 5.67. The molecule has 0 aliphatic carbocycles. The van der Waals surface area contributed by atoms with Gasteiger partial charge in [-0.3, -0.25) is 9.78 Å². The second kappa shape index (κ2) is 5.16. The van der Waals surface area contributed by atoms with E-state index in [-0.39, 0.29) is 6.42 Å². The summed E-state index contributed by atoms with van der Waals surface area (Å²) in [6, 6.07) is 0. The molecule has 5 nitrogen and oxygen atoms in total. The van der Waals surface area contributed by atoms with Gasteiger partial charge in [0.25, 0.3) is 0 Å². The summed E-state index contributed by atoms with van der Waals surface area (Å²) < 4.78 is 0. The molecule has 1 heterocycles. The van der Waals surface area contributed by atoms with E-state index in [0.29, 0.717) is 13.0 Å². The number of nitrogens with zero attached hydrogens (tertiary/aromatic N) is 3. The maximum Gasteiger partial charge on any atom is 0.303 e. The minimum atomic E-state index is -0.766. The molecule has 0 amide bonds. The van der Waals surface area contributed by atoms with Crippen molar-refractivity contribution in [3.63, 3.8) is 0 Å². The van der Waals surface area contributed by atoms with E-state index in [1.165, 1.54) is 0 Å². The van der Waals surface area contributed by atoms with E-state index in [4.69, 9.17) is 5.11 Å². The van der Waals surface area contributed by atoms with Gasteiger partial charge < -0.3 is 10.0 Å². The Kier molecular flexibility index (Phi) is 3.84. The fourth-order valence-corrected chi connectivity index (χ4v) is 1.07. The van der Waals surface area contributed by atoms with E-state index < -0.39 is 5.97 Å². The number of anilines is 1. The molecule has 0 fully saturated rings. The molecule has 0 bridgehead atoms. The Morgan fingerprint density at radius 2 is 2.36 bits per heavy atom. The first-order valence-electron chi connectivity index (χ1n) is 4.39. The molecule has 76 valence electrons. The molecule has 0 radical (unpaired) electrons. The first kappa shape index (κ1) is 10.4. The van der Waals surface area contributed by atoms with Crippen LogP contribution in [0.2, 0.25) is 0 Å². The number of carboxylic acids is 1. The minimum absolute atomic E-state index is 0.185. The molecule has 0 saturated heterocycles. The molecule has 5 heteroatoms. The maximum atomic E-state index is 10.3. The Bertz CT molecular complexity index is 289. The third-order valence-corrected chi connectivity index (χ3v) is 1.82. The van der Waals surface area contributed by atoms with Gasteiger partial charge in [-0.05, 0) is 6.42 Å². The standard InChI is InChI=1S/C9H13N3O2/c1-12(6-2-3-9(13)14)8-7-10-4-5-11-8/h4-5,7H,2-3,6H2,1H3,(H,13,14). The number of aliphatic carboxylic acids is 1. The first-order chi connectivity index (χ1) is 6.70. The van der Waals surface area contributed by atoms with Gasteiger partial charge in [-0.2, -0.15) is 0 Å². The van der Waals surface area contributed by atoms with Gasteiger partial charge in [-0.1, -0.05) is 0 Å². The van der Waals surface area contributed by atoms with Gasteiger partial charge in [0.15, 0.2) is 0 Å². The van der Waals surface area contributed by atoms with Gasteiger partial charge >= 0.3 is 5.97 Å². The highest BCUT2D eigenvalue weighted by Crippen LogP contribution is 2.05. The monoisotopic (exact) mass is 195 g/mol. The number of rotatable bonds is 5. The SMILES string of the molecule is CN(CCCC(=O)O)c1cnccn1. The van der Waals surface area contributed by atoms with Crippen LogP contribution in [0.5, 0.6) is 0 Å². The summed E-state index contributed by atoms with van der Waals surface area (Å²) in [4.78, 5) is 20.2. The number of hydrogen-bond donors (Lipinski definition) is 1. The predicted octanol–water partition coefficient (Wildman–Crippen LogP) is 0.778. The molecule has 14 heavy (non-hydrogen) atoms. The fraction of sp³-hybridized carbons (Fsp3) is 0.444. The Labute approximate surface area is 82.4 Å². The zero-order valence-corrected chi connectivity index (χ0v) is 8.05. The van der Waals surface area contributed by atoms with E-state index in [9.17, 15) is 4.79 Å². The maximum absolute atomic E-state index is 10.3. The molecule has 1 N–H and O–H groups in total. The third-order valence-electron chi connectivity index (χ3n) is 1.82. The molecular formula is C9H13N3O2. The second-order valence-electron chi connectivity index (χ2n) is 2.98. The molecule has 0 unspecified atom stereocenters. The summed E-state index contributed by atoms with van der Waals surface area (Å²) in [5.41, 5.74) is 0. The van der Waals surface area contributed by atoms with Crippen LogP contribution in [-0.2, 0) is 4.79 Å². The van der Waals surface area contributed by atoms with Crippen LogP contribution in [0.3, 0.4) is 0 Å². The lowest BCUT2D eigenvalue weighted by Gasteiger charge is -2.16. The van der Waals surface area contributed by atoms with E-state index in [2.05, 4.69) is 9.97 Å². The topological polar surface area (TPSA) is 66.3 Å². The van der Waals surface area contributed by atoms with Crippen molar-refractivity contribution >= 4 is 11.8 Å².